The van der Waals surface area contributed by atoms with Crippen molar-refractivity contribution in [2.45, 2.75) is 18.2 Å². The van der Waals surface area contributed by atoms with Crippen LogP contribution in [0.3, 0.4) is 0 Å². The van der Waals surface area contributed by atoms with E-state index >= 15 is 0 Å². The van der Waals surface area contributed by atoms with Crippen molar-refractivity contribution < 1.29 is 8.78 Å². The van der Waals surface area contributed by atoms with Gasteiger partial charge in [0.05, 0.1) is 23.9 Å². The lowest BCUT2D eigenvalue weighted by Crippen LogP contribution is -1.96. The molecule has 0 bridgehead atoms. The Kier molecular flexibility index (Phi) is 8.90. The number of aryl methyl sites for hydroxylation is 1. The third-order valence-corrected chi connectivity index (χ3v) is 7.94. The number of alkyl halides is 2. The minimum Gasteiger partial charge on any atom is -0.353 e. The number of nitrogens with zero attached hydrogens (tertiary/aromatic N) is 5. The van der Waals surface area contributed by atoms with Crippen LogP contribution >= 0.6 is 51.8 Å². The Morgan fingerprint density at radius 2 is 1.94 bits per heavy atom. The number of hydrogen-bond acceptors (Lipinski definition) is 6. The second-order valence-corrected chi connectivity index (χ2v) is 9.96. The normalized spacial score (nSPS) is 11.5. The number of anilines is 2. The van der Waals surface area contributed by atoms with Gasteiger partial charge in [-0.05, 0) is 60.0 Å². The summed E-state index contributed by atoms with van der Waals surface area (Å²) in [7, 11) is 3.41. The van der Waals surface area contributed by atoms with Gasteiger partial charge in [-0.2, -0.15) is 5.10 Å². The quantitative estimate of drug-likeness (QED) is 0.110. The summed E-state index contributed by atoms with van der Waals surface area (Å²) >= 11 is 9.83. The number of aromatic nitrogens is 5. The van der Waals surface area contributed by atoms with Crippen molar-refractivity contribution >= 4 is 74.3 Å². The van der Waals surface area contributed by atoms with Crippen LogP contribution in [0.15, 0.2) is 35.4 Å². The monoisotopic (exact) mass is 623 g/mol. The van der Waals surface area contributed by atoms with Gasteiger partial charge in [0.2, 0.25) is 0 Å². The van der Waals surface area contributed by atoms with E-state index in [0.717, 1.165) is 27.4 Å². The zero-order valence-electron chi connectivity index (χ0n) is 18.2. The first-order valence-corrected chi connectivity index (χ1v) is 15.3. The number of halogens is 4. The van der Waals surface area contributed by atoms with Gasteiger partial charge < -0.3 is 11.1 Å². The summed E-state index contributed by atoms with van der Waals surface area (Å²) in [6, 6.07) is 7.64. The molecule has 7 nitrogen and oxygen atoms in total. The molecule has 0 saturated heterocycles. The predicted octanol–water partition coefficient (Wildman–Crippen LogP) is 6.56. The van der Waals surface area contributed by atoms with Crippen LogP contribution < -0.4 is 11.1 Å². The highest BCUT2D eigenvalue weighted by Gasteiger charge is 2.22. The zero-order valence-corrected chi connectivity index (χ0v) is 22.9. The molecule has 1 unspecified atom stereocenters. The molecule has 0 aliphatic rings. The molecule has 0 fully saturated rings. The van der Waals surface area contributed by atoms with Gasteiger partial charge in [0.1, 0.15) is 10.7 Å². The average molecular weight is 624 g/mol. The SMILES string of the molecule is CN.CSc1cc(-c2cnn(C)c2C)ccc1Nc1cc(Cl)nc2c1nc(C(F)F)n2PI. The second kappa shape index (κ2) is 11.3. The third kappa shape index (κ3) is 5.27. The van der Waals surface area contributed by atoms with Crippen molar-refractivity contribution in [1.29, 1.82) is 0 Å². The van der Waals surface area contributed by atoms with Gasteiger partial charge in [-0.3, -0.25) is 9.02 Å². The molecule has 33 heavy (non-hydrogen) atoms. The Morgan fingerprint density at radius 3 is 2.52 bits per heavy atom. The minimum absolute atomic E-state index is 0.0244. The molecule has 176 valence electrons. The molecule has 4 aromatic rings. The number of thioether (sulfide) groups is 1. The van der Waals surface area contributed by atoms with E-state index in [0.29, 0.717) is 16.9 Å². The van der Waals surface area contributed by atoms with Crippen LogP contribution in [0.2, 0.25) is 5.15 Å². The first-order chi connectivity index (χ1) is 15.8. The van der Waals surface area contributed by atoms with Gasteiger partial charge in [0, 0.05) is 29.3 Å². The van der Waals surface area contributed by atoms with Crippen LogP contribution in [0.4, 0.5) is 20.2 Å². The maximum atomic E-state index is 13.5. The molecule has 4 rings (SSSR count). The number of fused-ring (bicyclic) bond motifs is 1. The first kappa shape index (κ1) is 26.1. The highest BCUT2D eigenvalue weighted by atomic mass is 127. The van der Waals surface area contributed by atoms with E-state index in [1.165, 1.54) is 11.4 Å². The molecule has 3 aromatic heterocycles. The molecule has 0 aliphatic heterocycles. The van der Waals surface area contributed by atoms with Crippen molar-refractivity contribution in [3.63, 3.8) is 0 Å². The highest BCUT2D eigenvalue weighted by molar-refractivity contribution is 14.2. The lowest BCUT2D eigenvalue weighted by Gasteiger charge is -2.13. The van der Waals surface area contributed by atoms with Crippen LogP contribution in [0.5, 0.6) is 0 Å². The molecule has 3 N–H and O–H groups in total. The average Bonchev–Trinajstić information content (AvgIpc) is 3.35. The van der Waals surface area contributed by atoms with E-state index in [9.17, 15) is 8.78 Å². The first-order valence-electron chi connectivity index (χ1n) is 9.59. The van der Waals surface area contributed by atoms with Gasteiger partial charge in [-0.1, -0.05) is 17.7 Å². The molecule has 13 heteroatoms. The number of rotatable bonds is 6. The van der Waals surface area contributed by atoms with E-state index in [2.05, 4.69) is 32.2 Å². The molecular weight excluding hydrogens is 602 g/mol. The second-order valence-electron chi connectivity index (χ2n) is 6.66. The molecule has 3 heterocycles. The van der Waals surface area contributed by atoms with Crippen LogP contribution in [-0.4, -0.2) is 37.4 Å². The summed E-state index contributed by atoms with van der Waals surface area (Å²) in [5.74, 6) is -0.312. The number of nitrogens with one attached hydrogen (secondary N) is 1. The van der Waals surface area contributed by atoms with Gasteiger partial charge in [0.25, 0.3) is 6.43 Å². The topological polar surface area (TPSA) is 86.6 Å². The summed E-state index contributed by atoms with van der Waals surface area (Å²) in [6.07, 6.45) is 1.15. The van der Waals surface area contributed by atoms with Gasteiger partial charge in [0.15, 0.2) is 11.5 Å². The number of imidazole rings is 1. The standard InChI is InChI=1S/C19H17ClF2IN6PS.CH5N/c1-9-11(8-24-28(9)2)10-4-5-12(14(6-10)31-3)25-13-7-15(20)26-18-16(13)27-19(17(21)22)29(18)30-23;1-2/h4-8,17,30H,1-3H3,(H,25,26);2H2,1H3. The maximum absolute atomic E-state index is 13.5. The van der Waals surface area contributed by atoms with E-state index in [1.807, 2.05) is 65.3 Å². The van der Waals surface area contributed by atoms with Crippen molar-refractivity contribution in [2.24, 2.45) is 12.8 Å². The molecule has 0 radical (unpaired) electrons. The highest BCUT2D eigenvalue weighted by Crippen LogP contribution is 2.40. The lowest BCUT2D eigenvalue weighted by atomic mass is 10.1. The summed E-state index contributed by atoms with van der Waals surface area (Å²) in [5.41, 5.74) is 9.74. The fraction of sp³-hybridized carbons (Fsp3) is 0.250. The van der Waals surface area contributed by atoms with Crippen molar-refractivity contribution in [1.82, 2.24) is 24.1 Å². The van der Waals surface area contributed by atoms with E-state index < -0.39 is 6.43 Å². The van der Waals surface area contributed by atoms with Crippen LogP contribution in [0.1, 0.15) is 17.9 Å². The zero-order chi connectivity index (χ0) is 24.3. The Labute approximate surface area is 214 Å². The Balaban J connectivity index is 0.00000149. The Hall–Kier alpha value is -1.53. The number of nitrogens with two attached hydrogens (primary N) is 1. The lowest BCUT2D eigenvalue weighted by molar-refractivity contribution is 0.140. The molecular formula is C20H22ClF2IN7PS. The minimum atomic E-state index is -2.70. The van der Waals surface area contributed by atoms with E-state index in [-0.39, 0.29) is 17.4 Å². The van der Waals surface area contributed by atoms with Crippen LogP contribution in [0, 0.1) is 6.92 Å². The van der Waals surface area contributed by atoms with Crippen molar-refractivity contribution in [2.75, 3.05) is 18.6 Å². The van der Waals surface area contributed by atoms with Gasteiger partial charge in [-0.15, -0.1) is 11.8 Å². The molecule has 0 amide bonds. The fourth-order valence-corrected chi connectivity index (χ4v) is 5.92. The summed E-state index contributed by atoms with van der Waals surface area (Å²) in [5, 5.41) is 7.85. The van der Waals surface area contributed by atoms with Crippen molar-refractivity contribution in [3.05, 3.63) is 47.1 Å². The number of benzene rings is 1. The third-order valence-electron chi connectivity index (χ3n) is 4.91. The fourth-order valence-electron chi connectivity index (χ4n) is 3.25. The molecule has 0 aliphatic carbocycles. The smallest absolute Gasteiger partial charge is 0.295 e. The molecule has 0 spiro atoms. The van der Waals surface area contributed by atoms with Crippen LogP contribution in [-0.2, 0) is 7.05 Å². The van der Waals surface area contributed by atoms with E-state index in [1.54, 1.807) is 17.8 Å². The summed E-state index contributed by atoms with van der Waals surface area (Å²) in [4.78, 5) is 9.40. The van der Waals surface area contributed by atoms with Gasteiger partial charge >= 0.3 is 0 Å². The maximum Gasteiger partial charge on any atom is 0.295 e. The molecule has 1 atom stereocenters. The van der Waals surface area contributed by atoms with Gasteiger partial charge in [-0.25, -0.2) is 18.7 Å². The largest absolute Gasteiger partial charge is 0.353 e. The Bertz CT molecular complexity index is 1280. The predicted molar refractivity (Wildman–Crippen MR) is 144 cm³/mol. The van der Waals surface area contributed by atoms with E-state index in [4.69, 9.17) is 11.6 Å². The summed E-state index contributed by atoms with van der Waals surface area (Å²) in [6.45, 7) is 2.02. The van der Waals surface area contributed by atoms with Crippen molar-refractivity contribution in [3.8, 4) is 11.1 Å². The summed E-state index contributed by atoms with van der Waals surface area (Å²) < 4.78 is 30.2. The number of hydrogen-bond donors (Lipinski definition) is 2. The van der Waals surface area contributed by atoms with Crippen LogP contribution in [0.25, 0.3) is 22.3 Å². The number of pyridine rings is 1. The molecule has 0 saturated carbocycles. The molecule has 1 aromatic carbocycles. The Morgan fingerprint density at radius 1 is 1.21 bits per heavy atom.